The van der Waals surface area contributed by atoms with E-state index in [0.29, 0.717) is 0 Å². The van der Waals surface area contributed by atoms with Crippen LogP contribution in [0.25, 0.3) is 17.0 Å². The highest BCUT2D eigenvalue weighted by Gasteiger charge is 2.01. The molecule has 0 aliphatic carbocycles. The van der Waals surface area contributed by atoms with Crippen molar-refractivity contribution in [2.45, 2.75) is 0 Å². The Labute approximate surface area is 82.1 Å². The molecule has 2 nitrogen and oxygen atoms in total. The quantitative estimate of drug-likeness (QED) is 0.667. The highest BCUT2D eigenvalue weighted by molar-refractivity contribution is 5.87. The van der Waals surface area contributed by atoms with Gasteiger partial charge >= 0.3 is 0 Å². The maximum absolute atomic E-state index is 11.4. The number of hydrogen-bond acceptors (Lipinski definition) is 1. The van der Waals surface area contributed by atoms with E-state index in [1.54, 1.807) is 23.8 Å². The van der Waals surface area contributed by atoms with Crippen molar-refractivity contribution >= 4 is 17.0 Å². The van der Waals surface area contributed by atoms with Crippen molar-refractivity contribution in [1.82, 2.24) is 4.57 Å². The van der Waals surface area contributed by atoms with Gasteiger partial charge in [-0.3, -0.25) is 4.79 Å². The molecule has 0 aliphatic heterocycles. The van der Waals surface area contributed by atoms with E-state index in [-0.39, 0.29) is 5.56 Å². The predicted molar refractivity (Wildman–Crippen MR) is 59.3 cm³/mol. The summed E-state index contributed by atoms with van der Waals surface area (Å²) in [6.07, 6.45) is 1.77. The van der Waals surface area contributed by atoms with Crippen LogP contribution in [0.2, 0.25) is 0 Å². The molecular formula is C12H11NO. The van der Waals surface area contributed by atoms with Crippen LogP contribution in [0.3, 0.4) is 0 Å². The van der Waals surface area contributed by atoms with Crippen molar-refractivity contribution in [2.24, 2.45) is 7.05 Å². The third kappa shape index (κ3) is 1.16. The van der Waals surface area contributed by atoms with Gasteiger partial charge in [0.2, 0.25) is 0 Å². The molecule has 0 bridgehead atoms. The zero-order chi connectivity index (χ0) is 10.1. The molecule has 0 fully saturated rings. The Morgan fingerprint density at radius 1 is 1.29 bits per heavy atom. The minimum Gasteiger partial charge on any atom is -0.311 e. The number of hydrogen-bond donors (Lipinski definition) is 0. The summed E-state index contributed by atoms with van der Waals surface area (Å²) < 4.78 is 1.65. The zero-order valence-electron chi connectivity index (χ0n) is 8.03. The minimum absolute atomic E-state index is 0.00630. The van der Waals surface area contributed by atoms with Gasteiger partial charge in [-0.05, 0) is 17.0 Å². The Balaban J connectivity index is 3.04. The molecule has 2 rings (SSSR count). The SMILES string of the molecule is C=Cc1cccc2ccc(=O)n(C)c12. The number of aryl methyl sites for hydroxylation is 1. The zero-order valence-corrected chi connectivity index (χ0v) is 8.03. The number of para-hydroxylation sites is 1. The molecule has 0 atom stereocenters. The largest absolute Gasteiger partial charge is 0.311 e. The predicted octanol–water partition coefficient (Wildman–Crippen LogP) is 2.18. The summed E-state index contributed by atoms with van der Waals surface area (Å²) in [5.74, 6) is 0. The lowest BCUT2D eigenvalue weighted by Gasteiger charge is -2.06. The fourth-order valence-electron chi connectivity index (χ4n) is 1.65. The molecule has 70 valence electrons. The smallest absolute Gasteiger partial charge is 0.250 e. The van der Waals surface area contributed by atoms with E-state index in [0.717, 1.165) is 16.5 Å². The van der Waals surface area contributed by atoms with Crippen LogP contribution in [0.1, 0.15) is 5.56 Å². The summed E-state index contributed by atoms with van der Waals surface area (Å²) in [4.78, 5) is 11.4. The Bertz CT molecular complexity index is 552. The van der Waals surface area contributed by atoms with Crippen LogP contribution in [0.4, 0.5) is 0 Å². The third-order valence-corrected chi connectivity index (χ3v) is 2.39. The molecule has 1 aromatic carbocycles. The van der Waals surface area contributed by atoms with E-state index >= 15 is 0 Å². The lowest BCUT2D eigenvalue weighted by Crippen LogP contribution is -2.15. The van der Waals surface area contributed by atoms with Gasteiger partial charge in [0.25, 0.3) is 5.56 Å². The highest BCUT2D eigenvalue weighted by Crippen LogP contribution is 2.16. The van der Waals surface area contributed by atoms with Gasteiger partial charge in [-0.1, -0.05) is 30.9 Å². The molecule has 1 aromatic heterocycles. The number of rotatable bonds is 1. The molecule has 14 heavy (non-hydrogen) atoms. The van der Waals surface area contributed by atoms with Gasteiger partial charge in [-0.25, -0.2) is 0 Å². The first-order valence-electron chi connectivity index (χ1n) is 4.45. The van der Waals surface area contributed by atoms with Crippen LogP contribution in [-0.2, 0) is 7.05 Å². The Morgan fingerprint density at radius 2 is 2.07 bits per heavy atom. The van der Waals surface area contributed by atoms with Gasteiger partial charge in [-0.15, -0.1) is 0 Å². The fraction of sp³-hybridized carbons (Fsp3) is 0.0833. The summed E-state index contributed by atoms with van der Waals surface area (Å²) >= 11 is 0. The molecule has 0 radical (unpaired) electrons. The van der Waals surface area contributed by atoms with E-state index in [1.807, 2.05) is 24.3 Å². The minimum atomic E-state index is 0.00630. The average molecular weight is 185 g/mol. The number of nitrogens with zero attached hydrogens (tertiary/aromatic N) is 1. The van der Waals surface area contributed by atoms with Crippen LogP contribution in [0.5, 0.6) is 0 Å². The molecular weight excluding hydrogens is 174 g/mol. The van der Waals surface area contributed by atoms with Crippen molar-refractivity contribution in [2.75, 3.05) is 0 Å². The topological polar surface area (TPSA) is 22.0 Å². The summed E-state index contributed by atoms with van der Waals surface area (Å²) in [6.45, 7) is 3.74. The fourth-order valence-corrected chi connectivity index (χ4v) is 1.65. The standard InChI is InChI=1S/C12H11NO/c1-3-9-5-4-6-10-7-8-11(14)13(2)12(9)10/h3-8H,1H2,2H3. The average Bonchev–Trinajstić information content (AvgIpc) is 2.23. The molecule has 2 aromatic rings. The van der Waals surface area contributed by atoms with Crippen LogP contribution in [-0.4, -0.2) is 4.57 Å². The second-order valence-electron chi connectivity index (χ2n) is 3.22. The second kappa shape index (κ2) is 3.14. The molecule has 0 spiro atoms. The Kier molecular flexibility index (Phi) is 1.97. The molecule has 0 saturated heterocycles. The number of aromatic nitrogens is 1. The molecule has 0 amide bonds. The van der Waals surface area contributed by atoms with E-state index in [4.69, 9.17) is 0 Å². The maximum atomic E-state index is 11.4. The van der Waals surface area contributed by atoms with Gasteiger partial charge < -0.3 is 4.57 Å². The number of benzene rings is 1. The van der Waals surface area contributed by atoms with Gasteiger partial charge in [0.05, 0.1) is 5.52 Å². The number of fused-ring (bicyclic) bond motifs is 1. The van der Waals surface area contributed by atoms with E-state index in [9.17, 15) is 4.79 Å². The first-order chi connectivity index (χ1) is 6.74. The van der Waals surface area contributed by atoms with Crippen molar-refractivity contribution in [3.8, 4) is 0 Å². The van der Waals surface area contributed by atoms with Gasteiger partial charge in [0, 0.05) is 13.1 Å². The summed E-state index contributed by atoms with van der Waals surface area (Å²) in [6, 6.07) is 9.32. The van der Waals surface area contributed by atoms with Gasteiger partial charge in [0.15, 0.2) is 0 Å². The van der Waals surface area contributed by atoms with Crippen LogP contribution < -0.4 is 5.56 Å². The van der Waals surface area contributed by atoms with Crippen LogP contribution >= 0.6 is 0 Å². The summed E-state index contributed by atoms with van der Waals surface area (Å²) in [7, 11) is 1.78. The van der Waals surface area contributed by atoms with Crippen molar-refractivity contribution in [1.29, 1.82) is 0 Å². The molecule has 0 unspecified atom stereocenters. The molecule has 1 heterocycles. The Morgan fingerprint density at radius 3 is 2.79 bits per heavy atom. The lowest BCUT2D eigenvalue weighted by atomic mass is 10.1. The van der Waals surface area contributed by atoms with E-state index in [1.165, 1.54) is 0 Å². The normalized spacial score (nSPS) is 10.4. The van der Waals surface area contributed by atoms with Crippen molar-refractivity contribution in [3.63, 3.8) is 0 Å². The number of pyridine rings is 1. The Hall–Kier alpha value is -1.83. The maximum Gasteiger partial charge on any atom is 0.250 e. The second-order valence-corrected chi connectivity index (χ2v) is 3.22. The van der Waals surface area contributed by atoms with Crippen molar-refractivity contribution in [3.05, 3.63) is 52.8 Å². The van der Waals surface area contributed by atoms with Crippen molar-refractivity contribution < 1.29 is 0 Å². The molecule has 0 aliphatic rings. The first-order valence-corrected chi connectivity index (χ1v) is 4.45. The van der Waals surface area contributed by atoms with Crippen LogP contribution in [0, 0.1) is 0 Å². The molecule has 2 heteroatoms. The summed E-state index contributed by atoms with van der Waals surface area (Å²) in [5.41, 5.74) is 1.93. The van der Waals surface area contributed by atoms with Gasteiger partial charge in [0.1, 0.15) is 0 Å². The lowest BCUT2D eigenvalue weighted by molar-refractivity contribution is 0.905. The van der Waals surface area contributed by atoms with E-state index < -0.39 is 0 Å². The highest BCUT2D eigenvalue weighted by atomic mass is 16.1. The first kappa shape index (κ1) is 8.75. The van der Waals surface area contributed by atoms with E-state index in [2.05, 4.69) is 6.58 Å². The van der Waals surface area contributed by atoms with Gasteiger partial charge in [-0.2, -0.15) is 0 Å². The molecule has 0 saturated carbocycles. The summed E-state index contributed by atoms with van der Waals surface area (Å²) in [5, 5.41) is 1.06. The van der Waals surface area contributed by atoms with Crippen LogP contribution in [0.15, 0.2) is 41.7 Å². The third-order valence-electron chi connectivity index (χ3n) is 2.39. The molecule has 0 N–H and O–H groups in total. The monoisotopic (exact) mass is 185 g/mol.